The fraction of sp³-hybridized carbons (Fsp3) is 0.769. The standard InChI is InChI=1S/C13H24N2S/c1-5-14-12(8-6-7-10(2)3)13-9-15-11(4)16-13/h9-10,12,14H,5-8H2,1-4H3. The van der Waals surface area contributed by atoms with Crippen LogP contribution < -0.4 is 5.32 Å². The maximum absolute atomic E-state index is 4.34. The zero-order chi connectivity index (χ0) is 12.0. The van der Waals surface area contributed by atoms with Crippen molar-refractivity contribution in [2.45, 2.75) is 53.0 Å². The predicted octanol–water partition coefficient (Wildman–Crippen LogP) is 3.93. The van der Waals surface area contributed by atoms with Crippen LogP contribution in [0.25, 0.3) is 0 Å². The summed E-state index contributed by atoms with van der Waals surface area (Å²) in [5.74, 6) is 0.811. The lowest BCUT2D eigenvalue weighted by molar-refractivity contribution is 0.459. The molecule has 1 atom stereocenters. The third-order valence-electron chi connectivity index (χ3n) is 2.71. The minimum absolute atomic E-state index is 0.509. The number of nitrogens with one attached hydrogen (secondary N) is 1. The van der Waals surface area contributed by atoms with E-state index in [0.29, 0.717) is 6.04 Å². The normalized spacial score (nSPS) is 13.3. The molecule has 0 aliphatic rings. The average molecular weight is 240 g/mol. The van der Waals surface area contributed by atoms with Crippen LogP contribution in [0.3, 0.4) is 0 Å². The quantitative estimate of drug-likeness (QED) is 0.781. The molecule has 0 amide bonds. The van der Waals surface area contributed by atoms with Gasteiger partial charge in [-0.3, -0.25) is 0 Å². The first kappa shape index (κ1) is 13.7. The van der Waals surface area contributed by atoms with Crippen LogP contribution in [-0.4, -0.2) is 11.5 Å². The van der Waals surface area contributed by atoms with E-state index in [9.17, 15) is 0 Å². The summed E-state index contributed by atoms with van der Waals surface area (Å²) in [6, 6.07) is 0.509. The highest BCUT2D eigenvalue weighted by molar-refractivity contribution is 7.11. The number of aromatic nitrogens is 1. The Labute approximate surface area is 103 Å². The van der Waals surface area contributed by atoms with Crippen molar-refractivity contribution in [2.75, 3.05) is 6.54 Å². The molecule has 3 heteroatoms. The highest BCUT2D eigenvalue weighted by Crippen LogP contribution is 2.25. The van der Waals surface area contributed by atoms with E-state index in [1.807, 2.05) is 17.5 Å². The maximum atomic E-state index is 4.34. The van der Waals surface area contributed by atoms with Crippen molar-refractivity contribution >= 4 is 11.3 Å². The molecule has 2 nitrogen and oxygen atoms in total. The molecule has 0 aliphatic heterocycles. The largest absolute Gasteiger partial charge is 0.309 e. The van der Waals surface area contributed by atoms with Gasteiger partial charge in [0, 0.05) is 17.1 Å². The fourth-order valence-corrected chi connectivity index (χ4v) is 2.76. The number of hydrogen-bond acceptors (Lipinski definition) is 3. The van der Waals surface area contributed by atoms with Crippen LogP contribution in [-0.2, 0) is 0 Å². The van der Waals surface area contributed by atoms with Gasteiger partial charge in [0.05, 0.1) is 5.01 Å². The lowest BCUT2D eigenvalue weighted by atomic mass is 10.0. The number of rotatable bonds is 7. The molecule has 1 aromatic rings. The summed E-state index contributed by atoms with van der Waals surface area (Å²) in [5, 5.41) is 4.72. The highest BCUT2D eigenvalue weighted by atomic mass is 32.1. The van der Waals surface area contributed by atoms with E-state index in [4.69, 9.17) is 0 Å². The van der Waals surface area contributed by atoms with E-state index >= 15 is 0 Å². The van der Waals surface area contributed by atoms with Crippen molar-refractivity contribution in [2.24, 2.45) is 5.92 Å². The molecule has 92 valence electrons. The molecule has 0 aliphatic carbocycles. The number of hydrogen-bond donors (Lipinski definition) is 1. The van der Waals surface area contributed by atoms with Crippen molar-refractivity contribution in [3.05, 3.63) is 16.1 Å². The second-order valence-corrected chi connectivity index (χ2v) is 5.98. The molecule has 0 saturated heterocycles. The molecular formula is C13H24N2S. The lowest BCUT2D eigenvalue weighted by Gasteiger charge is -2.16. The van der Waals surface area contributed by atoms with E-state index < -0.39 is 0 Å². The van der Waals surface area contributed by atoms with Gasteiger partial charge in [-0.1, -0.05) is 33.6 Å². The molecule has 0 spiro atoms. The molecule has 0 bridgehead atoms. The Hall–Kier alpha value is -0.410. The molecular weight excluding hydrogens is 216 g/mol. The molecule has 1 rings (SSSR count). The van der Waals surface area contributed by atoms with Gasteiger partial charge in [-0.25, -0.2) is 4.98 Å². The molecule has 0 saturated carbocycles. The zero-order valence-corrected chi connectivity index (χ0v) is 11.7. The number of nitrogens with zero attached hydrogens (tertiary/aromatic N) is 1. The van der Waals surface area contributed by atoms with Crippen molar-refractivity contribution in [1.82, 2.24) is 10.3 Å². The molecule has 1 N–H and O–H groups in total. The Kier molecular flexibility index (Phi) is 5.99. The van der Waals surface area contributed by atoms with E-state index in [0.717, 1.165) is 12.5 Å². The molecule has 1 heterocycles. The van der Waals surface area contributed by atoms with Gasteiger partial charge in [0.2, 0.25) is 0 Å². The third-order valence-corrected chi connectivity index (χ3v) is 3.73. The average Bonchev–Trinajstić information content (AvgIpc) is 2.63. The highest BCUT2D eigenvalue weighted by Gasteiger charge is 2.12. The lowest BCUT2D eigenvalue weighted by Crippen LogP contribution is -2.20. The summed E-state index contributed by atoms with van der Waals surface area (Å²) < 4.78 is 0. The Morgan fingerprint density at radius 3 is 2.62 bits per heavy atom. The Morgan fingerprint density at radius 1 is 1.38 bits per heavy atom. The Morgan fingerprint density at radius 2 is 2.12 bits per heavy atom. The first-order valence-electron chi connectivity index (χ1n) is 6.29. The molecule has 0 aromatic carbocycles. The summed E-state index contributed by atoms with van der Waals surface area (Å²) >= 11 is 1.82. The van der Waals surface area contributed by atoms with Crippen LogP contribution in [0.2, 0.25) is 0 Å². The van der Waals surface area contributed by atoms with Gasteiger partial charge in [-0.2, -0.15) is 0 Å². The summed E-state index contributed by atoms with van der Waals surface area (Å²) in [5.41, 5.74) is 0. The van der Waals surface area contributed by atoms with Crippen LogP contribution in [0.1, 0.15) is 56.0 Å². The maximum Gasteiger partial charge on any atom is 0.0897 e. The van der Waals surface area contributed by atoms with Gasteiger partial charge in [0.15, 0.2) is 0 Å². The van der Waals surface area contributed by atoms with Gasteiger partial charge in [-0.05, 0) is 25.8 Å². The van der Waals surface area contributed by atoms with Gasteiger partial charge in [0.1, 0.15) is 0 Å². The van der Waals surface area contributed by atoms with Crippen LogP contribution in [0.5, 0.6) is 0 Å². The topological polar surface area (TPSA) is 24.9 Å². The molecule has 1 unspecified atom stereocenters. The molecule has 0 fully saturated rings. The minimum atomic E-state index is 0.509. The van der Waals surface area contributed by atoms with Gasteiger partial charge in [-0.15, -0.1) is 11.3 Å². The first-order valence-corrected chi connectivity index (χ1v) is 7.10. The molecule has 1 aromatic heterocycles. The van der Waals surface area contributed by atoms with Crippen LogP contribution in [0.15, 0.2) is 6.20 Å². The SMILES string of the molecule is CCNC(CCCC(C)C)c1cnc(C)s1. The van der Waals surface area contributed by atoms with Gasteiger partial charge in [0.25, 0.3) is 0 Å². The molecule has 16 heavy (non-hydrogen) atoms. The zero-order valence-electron chi connectivity index (χ0n) is 10.9. The van der Waals surface area contributed by atoms with Crippen LogP contribution >= 0.6 is 11.3 Å². The summed E-state index contributed by atoms with van der Waals surface area (Å²) in [6.07, 6.45) is 5.88. The fourth-order valence-electron chi connectivity index (χ4n) is 1.86. The van der Waals surface area contributed by atoms with E-state index in [2.05, 4.69) is 38.0 Å². The Balaban J connectivity index is 2.47. The van der Waals surface area contributed by atoms with Gasteiger partial charge < -0.3 is 5.32 Å². The third kappa shape index (κ3) is 4.62. The van der Waals surface area contributed by atoms with Crippen molar-refractivity contribution in [3.63, 3.8) is 0 Å². The number of thiazole rings is 1. The van der Waals surface area contributed by atoms with Crippen LogP contribution in [0.4, 0.5) is 0 Å². The van der Waals surface area contributed by atoms with E-state index in [1.165, 1.54) is 29.1 Å². The van der Waals surface area contributed by atoms with Crippen LogP contribution in [0, 0.1) is 12.8 Å². The first-order chi connectivity index (χ1) is 7.63. The summed E-state index contributed by atoms with van der Waals surface area (Å²) in [4.78, 5) is 5.73. The smallest absolute Gasteiger partial charge is 0.0897 e. The summed E-state index contributed by atoms with van der Waals surface area (Å²) in [7, 11) is 0. The number of aryl methyl sites for hydroxylation is 1. The second-order valence-electron chi connectivity index (χ2n) is 4.72. The Bertz CT molecular complexity index is 294. The second kappa shape index (κ2) is 7.02. The molecule has 0 radical (unpaired) electrons. The van der Waals surface area contributed by atoms with Crippen molar-refractivity contribution < 1.29 is 0 Å². The summed E-state index contributed by atoms with van der Waals surface area (Å²) in [6.45, 7) is 9.86. The van der Waals surface area contributed by atoms with Crippen molar-refractivity contribution in [1.29, 1.82) is 0 Å². The predicted molar refractivity (Wildman–Crippen MR) is 72.0 cm³/mol. The van der Waals surface area contributed by atoms with E-state index in [1.54, 1.807) is 0 Å². The van der Waals surface area contributed by atoms with Crippen molar-refractivity contribution in [3.8, 4) is 0 Å². The minimum Gasteiger partial charge on any atom is -0.309 e. The van der Waals surface area contributed by atoms with E-state index in [-0.39, 0.29) is 0 Å². The van der Waals surface area contributed by atoms with Gasteiger partial charge >= 0.3 is 0 Å². The monoisotopic (exact) mass is 240 g/mol.